The van der Waals surface area contributed by atoms with Crippen LogP contribution in [0.5, 0.6) is 0 Å². The van der Waals surface area contributed by atoms with Crippen LogP contribution in [0.25, 0.3) is 0 Å². The molecule has 0 bridgehead atoms. The van der Waals surface area contributed by atoms with Crippen LogP contribution in [0.3, 0.4) is 0 Å². The maximum Gasteiger partial charge on any atom is 0.263 e. The van der Waals surface area contributed by atoms with Gasteiger partial charge in [0.2, 0.25) is 0 Å². The molecule has 5 nitrogen and oxygen atoms in total. The van der Waals surface area contributed by atoms with Crippen molar-refractivity contribution in [2.24, 2.45) is 0 Å². The number of benzene rings is 1. The van der Waals surface area contributed by atoms with Gasteiger partial charge in [-0.05, 0) is 34.1 Å². The van der Waals surface area contributed by atoms with Crippen molar-refractivity contribution in [2.45, 2.75) is 0 Å². The number of hydrogen-bond acceptors (Lipinski definition) is 4. The first-order valence-corrected chi connectivity index (χ1v) is 7.28. The van der Waals surface area contributed by atoms with E-state index in [-0.39, 0.29) is 5.91 Å². The average molecular weight is 329 g/mol. The summed E-state index contributed by atoms with van der Waals surface area (Å²) >= 11 is 3.24. The van der Waals surface area contributed by atoms with Crippen molar-refractivity contribution in [2.75, 3.05) is 5.73 Å². The summed E-state index contributed by atoms with van der Waals surface area (Å²) in [5.74, 6) is -0.343. The number of carbonyl (C=O) groups is 1. The molecule has 0 radical (unpaired) electrons. The summed E-state index contributed by atoms with van der Waals surface area (Å²) < 4.78 is 22.8. The number of nitrogens with zero attached hydrogens (tertiary/aromatic N) is 1. The maximum atomic E-state index is 12.1. The van der Waals surface area contributed by atoms with Crippen LogP contribution in [0.15, 0.2) is 45.9 Å². The molecule has 0 unspecified atom stereocenters. The van der Waals surface area contributed by atoms with Gasteiger partial charge in [0, 0.05) is 22.6 Å². The van der Waals surface area contributed by atoms with Gasteiger partial charge >= 0.3 is 0 Å². The normalized spacial score (nSPS) is 16.8. The fraction of sp³-hybridized carbons (Fsp3) is 0. The largest absolute Gasteiger partial charge is 0.399 e. The summed E-state index contributed by atoms with van der Waals surface area (Å²) in [6.07, 6.45) is 2.42. The molecule has 0 aliphatic carbocycles. The molecule has 0 spiro atoms. The van der Waals surface area contributed by atoms with Crippen molar-refractivity contribution in [1.82, 2.24) is 4.90 Å². The quantitative estimate of drug-likeness (QED) is 0.797. The van der Waals surface area contributed by atoms with Crippen LogP contribution < -0.4 is 5.73 Å². The summed E-state index contributed by atoms with van der Waals surface area (Å²) in [5.41, 5.74) is 6.51. The molecule has 1 aliphatic heterocycles. The zero-order chi connectivity index (χ0) is 13.3. The Morgan fingerprint density at radius 2 is 1.83 bits per heavy atom. The molecule has 0 fully saturated rings. The van der Waals surface area contributed by atoms with Crippen LogP contribution in [0, 0.1) is 0 Å². The Morgan fingerprint density at radius 1 is 1.22 bits per heavy atom. The van der Waals surface area contributed by atoms with Gasteiger partial charge in [-0.3, -0.25) is 9.69 Å². The van der Waals surface area contributed by atoms with E-state index in [0.717, 1.165) is 10.8 Å². The highest BCUT2D eigenvalue weighted by Gasteiger charge is 2.18. The van der Waals surface area contributed by atoms with Gasteiger partial charge in [-0.25, -0.2) is 8.42 Å². The molecular weight excluding hydrogens is 320 g/mol. The van der Waals surface area contributed by atoms with Crippen molar-refractivity contribution < 1.29 is 13.2 Å². The molecule has 1 aromatic rings. The van der Waals surface area contributed by atoms with Gasteiger partial charge in [0.1, 0.15) is 0 Å². The van der Waals surface area contributed by atoms with Crippen molar-refractivity contribution in [3.05, 3.63) is 51.5 Å². The number of anilines is 1. The van der Waals surface area contributed by atoms with Gasteiger partial charge in [-0.1, -0.05) is 0 Å². The molecule has 1 amide bonds. The summed E-state index contributed by atoms with van der Waals surface area (Å²) in [7, 11) is -3.33. The molecule has 1 heterocycles. The zero-order valence-corrected chi connectivity index (χ0v) is 11.5. The lowest BCUT2D eigenvalue weighted by Crippen LogP contribution is -2.23. The number of sulfone groups is 1. The number of rotatable bonds is 1. The van der Waals surface area contributed by atoms with Gasteiger partial charge < -0.3 is 5.73 Å². The highest BCUT2D eigenvalue weighted by atomic mass is 79.9. The van der Waals surface area contributed by atoms with Crippen LogP contribution in [0.4, 0.5) is 5.69 Å². The lowest BCUT2D eigenvalue weighted by atomic mass is 10.2. The number of carbonyl (C=O) groups excluding carboxylic acids is 1. The third-order valence-electron chi connectivity index (χ3n) is 2.28. The highest BCUT2D eigenvalue weighted by molar-refractivity contribution is 9.10. The van der Waals surface area contributed by atoms with Gasteiger partial charge in [-0.15, -0.1) is 0 Å². The SMILES string of the molecule is Nc1ccc(C(=O)N2C=CS(=O)(=O)C=C2)c(Br)c1. The third-order valence-corrected chi connectivity index (χ3v) is 3.94. The number of nitrogen functional groups attached to an aromatic ring is 1. The molecule has 0 saturated carbocycles. The van der Waals surface area contributed by atoms with E-state index < -0.39 is 9.84 Å². The molecule has 1 aliphatic rings. The Bertz CT molecular complexity index is 645. The zero-order valence-electron chi connectivity index (χ0n) is 9.08. The molecule has 7 heteroatoms. The minimum atomic E-state index is -3.33. The first-order chi connectivity index (χ1) is 8.39. The molecular formula is C11H9BrN2O3S. The molecule has 94 valence electrons. The summed E-state index contributed by atoms with van der Waals surface area (Å²) in [6, 6.07) is 4.79. The Labute approximate surface area is 113 Å². The van der Waals surface area contributed by atoms with E-state index in [1.165, 1.54) is 17.3 Å². The minimum absolute atomic E-state index is 0.343. The van der Waals surface area contributed by atoms with E-state index in [1.54, 1.807) is 18.2 Å². The molecule has 18 heavy (non-hydrogen) atoms. The van der Waals surface area contributed by atoms with E-state index in [0.29, 0.717) is 15.7 Å². The topological polar surface area (TPSA) is 80.5 Å². The molecule has 2 N–H and O–H groups in total. The minimum Gasteiger partial charge on any atom is -0.399 e. The second-order valence-electron chi connectivity index (χ2n) is 3.61. The van der Waals surface area contributed by atoms with Gasteiger partial charge in [0.15, 0.2) is 9.84 Å². The number of amides is 1. The number of halogens is 1. The molecule has 2 rings (SSSR count). The predicted octanol–water partition coefficient (Wildman–Crippen LogP) is 1.84. The molecule has 0 atom stereocenters. The van der Waals surface area contributed by atoms with E-state index in [9.17, 15) is 13.2 Å². The third kappa shape index (κ3) is 2.62. The van der Waals surface area contributed by atoms with Gasteiger partial charge in [0.25, 0.3) is 5.91 Å². The number of hydrogen-bond donors (Lipinski definition) is 1. The van der Waals surface area contributed by atoms with Crippen molar-refractivity contribution in [1.29, 1.82) is 0 Å². The van der Waals surface area contributed by atoms with Crippen LogP contribution in [-0.4, -0.2) is 19.2 Å². The summed E-state index contributed by atoms with van der Waals surface area (Å²) in [4.78, 5) is 13.3. The average Bonchev–Trinajstić information content (AvgIpc) is 2.28. The van der Waals surface area contributed by atoms with E-state index >= 15 is 0 Å². The maximum absolute atomic E-state index is 12.1. The van der Waals surface area contributed by atoms with Crippen LogP contribution in [0.1, 0.15) is 10.4 Å². The Morgan fingerprint density at radius 3 is 2.39 bits per heavy atom. The lowest BCUT2D eigenvalue weighted by Gasteiger charge is -2.16. The van der Waals surface area contributed by atoms with Crippen molar-refractivity contribution >= 4 is 37.4 Å². The Kier molecular flexibility index (Phi) is 3.27. The monoisotopic (exact) mass is 328 g/mol. The second kappa shape index (κ2) is 4.58. The molecule has 1 aromatic carbocycles. The predicted molar refractivity (Wildman–Crippen MR) is 71.9 cm³/mol. The first-order valence-electron chi connectivity index (χ1n) is 4.88. The molecule has 0 aromatic heterocycles. The van der Waals surface area contributed by atoms with Crippen LogP contribution in [-0.2, 0) is 9.84 Å². The fourth-order valence-corrected chi connectivity index (χ4v) is 2.63. The smallest absolute Gasteiger partial charge is 0.263 e. The second-order valence-corrected chi connectivity index (χ2v) is 6.19. The standard InChI is InChI=1S/C11H9BrN2O3S/c12-10-7-8(13)1-2-9(10)11(15)14-3-5-18(16,17)6-4-14/h1-7H,13H2. The van der Waals surface area contributed by atoms with E-state index in [4.69, 9.17) is 5.73 Å². The van der Waals surface area contributed by atoms with Crippen LogP contribution in [0.2, 0.25) is 0 Å². The Balaban J connectivity index is 2.31. The highest BCUT2D eigenvalue weighted by Crippen LogP contribution is 2.22. The first kappa shape index (κ1) is 12.8. The van der Waals surface area contributed by atoms with E-state index in [2.05, 4.69) is 15.9 Å². The van der Waals surface area contributed by atoms with Crippen molar-refractivity contribution in [3.8, 4) is 0 Å². The van der Waals surface area contributed by atoms with Gasteiger partial charge in [0.05, 0.1) is 16.4 Å². The molecule has 0 saturated heterocycles. The number of nitrogens with two attached hydrogens (primary N) is 1. The lowest BCUT2D eigenvalue weighted by molar-refractivity contribution is 0.0869. The van der Waals surface area contributed by atoms with E-state index in [1.807, 2.05) is 0 Å². The summed E-state index contributed by atoms with van der Waals surface area (Å²) in [5, 5.41) is 1.94. The fourth-order valence-electron chi connectivity index (χ4n) is 1.38. The van der Waals surface area contributed by atoms with Crippen molar-refractivity contribution in [3.63, 3.8) is 0 Å². The van der Waals surface area contributed by atoms with Gasteiger partial charge in [-0.2, -0.15) is 0 Å². The van der Waals surface area contributed by atoms with Crippen LogP contribution >= 0.6 is 15.9 Å². The Hall–Kier alpha value is -1.60. The summed E-state index contributed by atoms with van der Waals surface area (Å²) in [6.45, 7) is 0.